The van der Waals surface area contributed by atoms with Gasteiger partial charge in [0, 0.05) is 18.0 Å². The maximum absolute atomic E-state index is 13.3. The lowest BCUT2D eigenvalue weighted by molar-refractivity contribution is 0.0676. The summed E-state index contributed by atoms with van der Waals surface area (Å²) in [5.41, 5.74) is 0.467. The second-order valence-electron chi connectivity index (χ2n) is 6.96. The molecule has 1 fully saturated rings. The summed E-state index contributed by atoms with van der Waals surface area (Å²) < 4.78 is 29.3. The first-order valence-corrected chi connectivity index (χ1v) is 10.8. The number of carbonyl (C=O) groups is 1. The van der Waals surface area contributed by atoms with Crippen LogP contribution in [0.15, 0.2) is 69.9 Å². The number of fused-ring (bicyclic) bond motifs is 1. The van der Waals surface area contributed by atoms with E-state index >= 15 is 0 Å². The topological polar surface area (TPSA) is 84.7 Å². The van der Waals surface area contributed by atoms with Gasteiger partial charge in [-0.2, -0.15) is 0 Å². The van der Waals surface area contributed by atoms with E-state index in [1.165, 1.54) is 11.0 Å². The van der Waals surface area contributed by atoms with Crippen molar-refractivity contribution in [1.82, 2.24) is 4.90 Å². The summed E-state index contributed by atoms with van der Waals surface area (Å²) in [5.74, 6) is -0.557. The van der Waals surface area contributed by atoms with Crippen LogP contribution < -0.4 is 5.63 Å². The fourth-order valence-corrected chi connectivity index (χ4v) is 5.26. The third-order valence-corrected chi connectivity index (χ3v) is 6.73. The Morgan fingerprint density at radius 3 is 2.50 bits per heavy atom. The Kier molecular flexibility index (Phi) is 4.77. The van der Waals surface area contributed by atoms with E-state index in [1.807, 2.05) is 30.3 Å². The van der Waals surface area contributed by atoms with E-state index < -0.39 is 27.4 Å². The van der Waals surface area contributed by atoms with Crippen molar-refractivity contribution >= 4 is 26.7 Å². The van der Waals surface area contributed by atoms with E-state index in [4.69, 9.17) is 4.42 Å². The number of sulfone groups is 1. The zero-order chi connectivity index (χ0) is 19.7. The van der Waals surface area contributed by atoms with E-state index in [9.17, 15) is 18.0 Å². The average Bonchev–Trinajstić information content (AvgIpc) is 3.05. The molecule has 144 valence electrons. The number of amides is 1. The summed E-state index contributed by atoms with van der Waals surface area (Å²) in [6.45, 7) is 0.228. The smallest absolute Gasteiger partial charge is 0.349 e. The highest BCUT2D eigenvalue weighted by Gasteiger charge is 2.36. The third-order valence-electron chi connectivity index (χ3n) is 4.98. The lowest BCUT2D eigenvalue weighted by Crippen LogP contribution is -2.42. The number of hydrogen-bond acceptors (Lipinski definition) is 5. The molecule has 0 bridgehead atoms. The maximum atomic E-state index is 13.3. The molecular weight excluding hydrogens is 378 g/mol. The highest BCUT2D eigenvalue weighted by molar-refractivity contribution is 7.91. The molecule has 0 aliphatic carbocycles. The van der Waals surface area contributed by atoms with E-state index in [-0.39, 0.29) is 23.6 Å². The normalized spacial score (nSPS) is 18.2. The molecule has 0 unspecified atom stereocenters. The molecule has 0 radical (unpaired) electrons. The van der Waals surface area contributed by atoms with Gasteiger partial charge in [-0.3, -0.25) is 4.79 Å². The minimum absolute atomic E-state index is 0.0442. The molecule has 28 heavy (non-hydrogen) atoms. The van der Waals surface area contributed by atoms with Crippen LogP contribution in [0.5, 0.6) is 0 Å². The molecule has 3 aromatic rings. The van der Waals surface area contributed by atoms with Gasteiger partial charge in [0.25, 0.3) is 5.91 Å². The number of benzene rings is 2. The third kappa shape index (κ3) is 3.71. The first-order valence-electron chi connectivity index (χ1n) is 9.01. The summed E-state index contributed by atoms with van der Waals surface area (Å²) in [5, 5.41) is 0.643. The van der Waals surface area contributed by atoms with E-state index in [0.29, 0.717) is 17.4 Å². The Morgan fingerprint density at radius 1 is 1.07 bits per heavy atom. The van der Waals surface area contributed by atoms with Gasteiger partial charge in [-0.25, -0.2) is 13.2 Å². The van der Waals surface area contributed by atoms with Crippen molar-refractivity contribution in [2.75, 3.05) is 11.5 Å². The van der Waals surface area contributed by atoms with Crippen molar-refractivity contribution in [2.24, 2.45) is 0 Å². The van der Waals surface area contributed by atoms with Gasteiger partial charge in [-0.1, -0.05) is 48.5 Å². The Labute approximate surface area is 162 Å². The lowest BCUT2D eigenvalue weighted by Gasteiger charge is -2.28. The van der Waals surface area contributed by atoms with Crippen molar-refractivity contribution in [3.8, 4) is 0 Å². The van der Waals surface area contributed by atoms with Gasteiger partial charge in [-0.15, -0.1) is 0 Å². The Bertz CT molecular complexity index is 1180. The van der Waals surface area contributed by atoms with Crippen LogP contribution in [-0.4, -0.2) is 36.8 Å². The average molecular weight is 397 g/mol. The van der Waals surface area contributed by atoms with Crippen LogP contribution in [0.4, 0.5) is 0 Å². The molecule has 1 atom stereocenters. The minimum atomic E-state index is -3.19. The monoisotopic (exact) mass is 397 g/mol. The van der Waals surface area contributed by atoms with Crippen LogP contribution in [0.2, 0.25) is 0 Å². The molecule has 1 aliphatic rings. The summed E-state index contributed by atoms with van der Waals surface area (Å²) in [6, 6.07) is 17.3. The standard InChI is InChI=1S/C21H19NO5S/c23-20(18-12-16-8-4-5-9-19(16)27-21(18)24)22(13-15-6-2-1-3-7-15)17-10-11-28(25,26)14-17/h1-9,12,17H,10-11,13-14H2/t17-/m0/s1. The van der Waals surface area contributed by atoms with Gasteiger partial charge in [0.2, 0.25) is 0 Å². The number of para-hydroxylation sites is 1. The summed E-state index contributed by atoms with van der Waals surface area (Å²) in [6.07, 6.45) is 0.361. The number of hydrogen-bond donors (Lipinski definition) is 0. The molecule has 0 spiro atoms. The van der Waals surface area contributed by atoms with Gasteiger partial charge in [-0.05, 0) is 24.1 Å². The van der Waals surface area contributed by atoms with Crippen LogP contribution in [0.25, 0.3) is 11.0 Å². The molecule has 6 nitrogen and oxygen atoms in total. The molecule has 0 saturated carbocycles. The predicted octanol–water partition coefficient (Wildman–Crippen LogP) is 2.62. The largest absolute Gasteiger partial charge is 0.422 e. The van der Waals surface area contributed by atoms with Crippen LogP contribution in [0.3, 0.4) is 0 Å². The van der Waals surface area contributed by atoms with Crippen molar-refractivity contribution in [3.05, 3.63) is 82.2 Å². The Hall–Kier alpha value is -2.93. The minimum Gasteiger partial charge on any atom is -0.422 e. The quantitative estimate of drug-likeness (QED) is 0.632. The Balaban J connectivity index is 1.74. The maximum Gasteiger partial charge on any atom is 0.349 e. The number of nitrogens with zero attached hydrogens (tertiary/aromatic N) is 1. The van der Waals surface area contributed by atoms with E-state index in [2.05, 4.69) is 0 Å². The summed E-state index contributed by atoms with van der Waals surface area (Å²) >= 11 is 0. The molecule has 1 aliphatic heterocycles. The molecule has 2 aromatic carbocycles. The van der Waals surface area contributed by atoms with Gasteiger partial charge >= 0.3 is 5.63 Å². The number of rotatable bonds is 4. The summed E-state index contributed by atoms with van der Waals surface area (Å²) in [4.78, 5) is 27.2. The van der Waals surface area contributed by atoms with Crippen molar-refractivity contribution in [2.45, 2.75) is 19.0 Å². The van der Waals surface area contributed by atoms with Gasteiger partial charge in [0.05, 0.1) is 11.5 Å². The second kappa shape index (κ2) is 7.24. The first kappa shape index (κ1) is 18.4. The fourth-order valence-electron chi connectivity index (χ4n) is 3.53. The van der Waals surface area contributed by atoms with Crippen LogP contribution in [0, 0.1) is 0 Å². The molecule has 1 amide bonds. The molecule has 0 N–H and O–H groups in total. The van der Waals surface area contributed by atoms with Gasteiger partial charge in [0.1, 0.15) is 11.1 Å². The zero-order valence-corrected chi connectivity index (χ0v) is 15.9. The predicted molar refractivity (Wildman–Crippen MR) is 106 cm³/mol. The van der Waals surface area contributed by atoms with E-state index in [0.717, 1.165) is 5.56 Å². The van der Waals surface area contributed by atoms with E-state index in [1.54, 1.807) is 24.3 Å². The SMILES string of the molecule is O=C(c1cc2ccccc2oc1=O)N(Cc1ccccc1)[C@H]1CCS(=O)(=O)C1. The van der Waals surface area contributed by atoms with Gasteiger partial charge < -0.3 is 9.32 Å². The number of carbonyl (C=O) groups excluding carboxylic acids is 1. The van der Waals surface area contributed by atoms with Crippen LogP contribution in [-0.2, 0) is 16.4 Å². The van der Waals surface area contributed by atoms with Crippen molar-refractivity contribution in [3.63, 3.8) is 0 Å². The van der Waals surface area contributed by atoms with Crippen LogP contribution >= 0.6 is 0 Å². The highest BCUT2D eigenvalue weighted by Crippen LogP contribution is 2.23. The van der Waals surface area contributed by atoms with Crippen LogP contribution in [0.1, 0.15) is 22.3 Å². The fraction of sp³-hybridized carbons (Fsp3) is 0.238. The van der Waals surface area contributed by atoms with Crippen molar-refractivity contribution in [1.29, 1.82) is 0 Å². The second-order valence-corrected chi connectivity index (χ2v) is 9.19. The Morgan fingerprint density at radius 2 is 1.79 bits per heavy atom. The van der Waals surface area contributed by atoms with Gasteiger partial charge in [0.15, 0.2) is 9.84 Å². The first-order chi connectivity index (χ1) is 13.4. The molecule has 7 heteroatoms. The molecule has 2 heterocycles. The summed E-state index contributed by atoms with van der Waals surface area (Å²) in [7, 11) is -3.19. The molecule has 1 aromatic heterocycles. The van der Waals surface area contributed by atoms with Crippen molar-refractivity contribution < 1.29 is 17.6 Å². The lowest BCUT2D eigenvalue weighted by atomic mass is 10.1. The molecule has 4 rings (SSSR count). The highest BCUT2D eigenvalue weighted by atomic mass is 32.2. The molecule has 1 saturated heterocycles. The zero-order valence-electron chi connectivity index (χ0n) is 15.1. The molecular formula is C21H19NO5S.